The molecule has 70 valence electrons. The predicted molar refractivity (Wildman–Crippen MR) is 52.5 cm³/mol. The molecule has 0 atom stereocenters. The normalized spacial score (nSPS) is 21.0. The Morgan fingerprint density at radius 2 is 2.15 bits per heavy atom. The molecule has 1 aromatic rings. The summed E-state index contributed by atoms with van der Waals surface area (Å²) in [5.41, 5.74) is 0.631. The van der Waals surface area contributed by atoms with Crippen LogP contribution in [0.1, 0.15) is 27.2 Å². The fraction of sp³-hybridized carbons (Fsp3) is 0.556. The summed E-state index contributed by atoms with van der Waals surface area (Å²) in [5, 5.41) is 0. The lowest BCUT2D eigenvalue weighted by atomic mass is 9.97. The van der Waals surface area contributed by atoms with Gasteiger partial charge < -0.3 is 4.74 Å². The number of aromatic nitrogens is 2. The molecule has 0 saturated carbocycles. The lowest BCUT2D eigenvalue weighted by molar-refractivity contribution is 0.0844. The van der Waals surface area contributed by atoms with Crippen molar-refractivity contribution in [2.24, 2.45) is 0 Å². The zero-order valence-corrected chi connectivity index (χ0v) is 8.67. The first-order chi connectivity index (χ1) is 7.18. The molecule has 2 rings (SSSR count). The van der Waals surface area contributed by atoms with Gasteiger partial charge in [-0.3, -0.25) is 4.98 Å². The molecule has 0 unspecified atom stereocenters. The van der Waals surface area contributed by atoms with Crippen molar-refractivity contribution in [3.8, 4) is 0 Å². The first kappa shape index (κ1) is 6.90. The van der Waals surface area contributed by atoms with Crippen LogP contribution in [0.4, 0.5) is 0 Å². The summed E-state index contributed by atoms with van der Waals surface area (Å²) in [4.78, 5) is 8.05. The molecule has 1 saturated heterocycles. The number of halogens is 1. The quantitative estimate of drug-likeness (QED) is 0.760. The zero-order valence-electron chi connectivity index (χ0n) is 9.09. The fourth-order valence-corrected chi connectivity index (χ4v) is 1.59. The maximum absolute atomic E-state index is 7.72. The van der Waals surface area contributed by atoms with Crippen LogP contribution < -0.4 is 0 Å². The monoisotopic (exact) mass is 244 g/mol. The molecule has 3 nitrogen and oxygen atoms in total. The van der Waals surface area contributed by atoms with Crippen LogP contribution in [-0.4, -0.2) is 23.2 Å². The highest BCUT2D eigenvalue weighted by atomic mass is 79.9. The molecule has 0 aromatic carbocycles. The van der Waals surface area contributed by atoms with E-state index in [0.717, 1.165) is 12.8 Å². The van der Waals surface area contributed by atoms with Crippen molar-refractivity contribution in [2.45, 2.75) is 18.8 Å². The van der Waals surface area contributed by atoms with Crippen molar-refractivity contribution in [3.63, 3.8) is 0 Å². The van der Waals surface area contributed by atoms with E-state index in [1.165, 1.54) is 0 Å². The summed E-state index contributed by atoms with van der Waals surface area (Å²) in [6.07, 6.45) is 2.00. The van der Waals surface area contributed by atoms with Crippen LogP contribution in [-0.2, 0) is 4.74 Å². The second-order valence-corrected chi connectivity index (χ2v) is 3.76. The summed E-state index contributed by atoms with van der Waals surface area (Å²) in [6.45, 7) is 1.41. The highest BCUT2D eigenvalue weighted by molar-refractivity contribution is 9.10. The summed E-state index contributed by atoms with van der Waals surface area (Å²) < 4.78 is 20.8. The lowest BCUT2D eigenvalue weighted by Gasteiger charge is -2.20. The van der Waals surface area contributed by atoms with Gasteiger partial charge >= 0.3 is 0 Å². The van der Waals surface area contributed by atoms with Crippen LogP contribution in [0.15, 0.2) is 16.9 Å². The first-order valence-corrected chi connectivity index (χ1v) is 5.06. The third-order valence-corrected chi connectivity index (χ3v) is 2.50. The highest BCUT2D eigenvalue weighted by Crippen LogP contribution is 2.24. The molecule has 1 aliphatic heterocycles. The van der Waals surface area contributed by atoms with E-state index in [4.69, 9.17) is 7.48 Å². The summed E-state index contributed by atoms with van der Waals surface area (Å²) in [7, 11) is 0. The van der Waals surface area contributed by atoms with E-state index >= 15 is 0 Å². The fourth-order valence-electron chi connectivity index (χ4n) is 1.42. The third kappa shape index (κ3) is 2.25. The number of hydrogen-bond acceptors (Lipinski definition) is 3. The average Bonchev–Trinajstić information content (AvgIpc) is 2.25. The van der Waals surface area contributed by atoms with E-state index in [1.807, 2.05) is 0 Å². The maximum atomic E-state index is 7.72. The minimum atomic E-state index is 0.104. The van der Waals surface area contributed by atoms with E-state index in [0.29, 0.717) is 23.5 Å². The van der Waals surface area contributed by atoms with Gasteiger partial charge in [0.1, 0.15) is 4.60 Å². The van der Waals surface area contributed by atoms with Gasteiger partial charge in [-0.15, -0.1) is 0 Å². The molecule has 1 aliphatic rings. The minimum Gasteiger partial charge on any atom is -0.381 e. The molecule has 0 amide bonds. The molecule has 4 heteroatoms. The molecule has 13 heavy (non-hydrogen) atoms. The van der Waals surface area contributed by atoms with E-state index in [-0.39, 0.29) is 18.3 Å². The lowest BCUT2D eigenvalue weighted by Crippen LogP contribution is -2.15. The topological polar surface area (TPSA) is 35.0 Å². The van der Waals surface area contributed by atoms with E-state index in [9.17, 15) is 0 Å². The molecule has 0 aliphatic carbocycles. The zero-order chi connectivity index (χ0) is 10.8. The van der Waals surface area contributed by atoms with E-state index in [1.54, 1.807) is 0 Å². The Hall–Kier alpha value is -0.480. The van der Waals surface area contributed by atoms with Crippen LogP contribution in [0.5, 0.6) is 0 Å². The van der Waals surface area contributed by atoms with Crippen molar-refractivity contribution < 1.29 is 7.48 Å². The SMILES string of the molecule is [2H]c1nc(C2CCOCC2)c([2H])nc1Br. The minimum absolute atomic E-state index is 0.104. The summed E-state index contributed by atoms with van der Waals surface area (Å²) in [5.74, 6) is 0.218. The molecule has 1 fully saturated rings. The Morgan fingerprint density at radius 1 is 1.38 bits per heavy atom. The van der Waals surface area contributed by atoms with Gasteiger partial charge in [0.25, 0.3) is 0 Å². The second kappa shape index (κ2) is 4.15. The molecular formula is C9H11BrN2O. The average molecular weight is 245 g/mol. The van der Waals surface area contributed by atoms with Crippen molar-refractivity contribution in [2.75, 3.05) is 13.2 Å². The Morgan fingerprint density at radius 3 is 2.92 bits per heavy atom. The van der Waals surface area contributed by atoms with Gasteiger partial charge in [-0.1, -0.05) is 0 Å². The van der Waals surface area contributed by atoms with E-state index in [2.05, 4.69) is 25.9 Å². The van der Waals surface area contributed by atoms with Crippen LogP contribution in [0, 0.1) is 0 Å². The van der Waals surface area contributed by atoms with Crippen LogP contribution >= 0.6 is 15.9 Å². The Kier molecular flexibility index (Phi) is 2.20. The first-order valence-electron chi connectivity index (χ1n) is 5.27. The molecule has 0 bridgehead atoms. The third-order valence-electron chi connectivity index (χ3n) is 2.15. The van der Waals surface area contributed by atoms with Gasteiger partial charge in [0.2, 0.25) is 0 Å². The van der Waals surface area contributed by atoms with Crippen molar-refractivity contribution in [1.82, 2.24) is 9.97 Å². The van der Waals surface area contributed by atoms with Crippen LogP contribution in [0.2, 0.25) is 0 Å². The smallest absolute Gasteiger partial charge is 0.124 e. The van der Waals surface area contributed by atoms with Gasteiger partial charge in [0.05, 0.1) is 20.8 Å². The van der Waals surface area contributed by atoms with Crippen molar-refractivity contribution >= 4 is 15.9 Å². The summed E-state index contributed by atoms with van der Waals surface area (Å²) >= 11 is 3.10. The van der Waals surface area contributed by atoms with Crippen LogP contribution in [0.25, 0.3) is 0 Å². The molecular weight excluding hydrogens is 232 g/mol. The van der Waals surface area contributed by atoms with Crippen molar-refractivity contribution in [1.29, 1.82) is 0 Å². The number of nitrogens with zero attached hydrogens (tertiary/aromatic N) is 2. The molecule has 0 N–H and O–H groups in total. The molecule has 1 aromatic heterocycles. The van der Waals surface area contributed by atoms with Gasteiger partial charge in [0.15, 0.2) is 0 Å². The molecule has 0 spiro atoms. The van der Waals surface area contributed by atoms with Gasteiger partial charge in [-0.2, -0.15) is 0 Å². The molecule has 2 heterocycles. The van der Waals surface area contributed by atoms with E-state index < -0.39 is 0 Å². The standard InChI is InChI=1S/C9H11BrN2O/c10-9-6-11-8(5-12-9)7-1-3-13-4-2-7/h5-7H,1-4H2/i5D,6D. The second-order valence-electron chi connectivity index (χ2n) is 3.01. The summed E-state index contributed by atoms with van der Waals surface area (Å²) in [6, 6.07) is 0. The number of hydrogen-bond donors (Lipinski definition) is 0. The highest BCUT2D eigenvalue weighted by Gasteiger charge is 2.16. The van der Waals surface area contributed by atoms with Crippen LogP contribution in [0.3, 0.4) is 0 Å². The number of ether oxygens (including phenoxy) is 1. The maximum Gasteiger partial charge on any atom is 0.124 e. The Balaban J connectivity index is 2.30. The van der Waals surface area contributed by atoms with Gasteiger partial charge in [0, 0.05) is 19.1 Å². The largest absolute Gasteiger partial charge is 0.381 e. The van der Waals surface area contributed by atoms with Gasteiger partial charge in [-0.25, -0.2) is 4.98 Å². The predicted octanol–water partition coefficient (Wildman–Crippen LogP) is 2.13. The van der Waals surface area contributed by atoms with Gasteiger partial charge in [-0.05, 0) is 28.8 Å². The Labute approximate surface area is 88.5 Å². The Bertz CT molecular complexity index is 369. The van der Waals surface area contributed by atoms with Crippen molar-refractivity contribution in [3.05, 3.63) is 22.6 Å². The number of rotatable bonds is 1. The molecule has 0 radical (unpaired) electrons.